The number of hydrogen-bond donors (Lipinski definition) is 2. The fourth-order valence-electron chi connectivity index (χ4n) is 1.58. The number of carbonyl (C=O) groups excluding carboxylic acids is 1. The van der Waals surface area contributed by atoms with Crippen LogP contribution in [0, 0.1) is 0 Å². The van der Waals surface area contributed by atoms with Crippen molar-refractivity contribution in [2.75, 3.05) is 18.9 Å². The topological polar surface area (TPSA) is 54.0 Å². The third-order valence-electron chi connectivity index (χ3n) is 2.50. The highest BCUT2D eigenvalue weighted by Gasteiger charge is 2.09. The van der Waals surface area contributed by atoms with Crippen molar-refractivity contribution in [2.24, 2.45) is 0 Å². The maximum absolute atomic E-state index is 11.8. The largest absolute Gasteiger partial charge is 0.387 e. The van der Waals surface area contributed by atoms with Crippen LogP contribution >= 0.6 is 11.3 Å². The molecular weight excluding hydrogens is 234 g/mol. The quantitative estimate of drug-likeness (QED) is 0.875. The van der Waals surface area contributed by atoms with Crippen molar-refractivity contribution in [1.29, 1.82) is 0 Å². The Labute approximate surface area is 104 Å². The first-order chi connectivity index (χ1) is 8.26. The van der Waals surface area contributed by atoms with Gasteiger partial charge in [0.1, 0.15) is 4.83 Å². The monoisotopic (exact) mass is 249 g/mol. The standard InChI is InChI=1S/C12H15N3OS/c1-3-4-14-11(16)8-5-9-10(13-2)7-17-12(9)15-6-8/h5-7,13H,3-4H2,1-2H3,(H,14,16). The van der Waals surface area contributed by atoms with Gasteiger partial charge in [-0.15, -0.1) is 11.3 Å². The van der Waals surface area contributed by atoms with Crippen LogP contribution in [0.15, 0.2) is 17.6 Å². The van der Waals surface area contributed by atoms with Gasteiger partial charge in [-0.05, 0) is 12.5 Å². The SMILES string of the molecule is CCCNC(=O)c1cnc2scc(NC)c2c1. The van der Waals surface area contributed by atoms with Gasteiger partial charge in [-0.2, -0.15) is 0 Å². The van der Waals surface area contributed by atoms with E-state index in [0.29, 0.717) is 12.1 Å². The van der Waals surface area contributed by atoms with Gasteiger partial charge in [0.25, 0.3) is 5.91 Å². The van der Waals surface area contributed by atoms with Gasteiger partial charge in [0.15, 0.2) is 0 Å². The van der Waals surface area contributed by atoms with Crippen LogP contribution < -0.4 is 10.6 Å². The summed E-state index contributed by atoms with van der Waals surface area (Å²) in [6, 6.07) is 1.88. The number of fused-ring (bicyclic) bond motifs is 1. The molecule has 0 saturated heterocycles. The van der Waals surface area contributed by atoms with Gasteiger partial charge < -0.3 is 10.6 Å². The first-order valence-electron chi connectivity index (χ1n) is 5.59. The molecule has 2 N–H and O–H groups in total. The van der Waals surface area contributed by atoms with Crippen LogP contribution in [-0.2, 0) is 0 Å². The molecule has 0 aliphatic carbocycles. The highest BCUT2D eigenvalue weighted by Crippen LogP contribution is 2.28. The average Bonchev–Trinajstić information content (AvgIpc) is 2.77. The third-order valence-corrected chi connectivity index (χ3v) is 3.40. The predicted molar refractivity (Wildman–Crippen MR) is 71.8 cm³/mol. The molecule has 0 unspecified atom stereocenters. The zero-order valence-electron chi connectivity index (χ0n) is 9.91. The van der Waals surface area contributed by atoms with Crippen LogP contribution in [0.2, 0.25) is 0 Å². The van der Waals surface area contributed by atoms with Crippen LogP contribution in [0.5, 0.6) is 0 Å². The number of carbonyl (C=O) groups is 1. The van der Waals surface area contributed by atoms with E-state index in [1.54, 1.807) is 17.5 Å². The molecule has 2 heterocycles. The summed E-state index contributed by atoms with van der Waals surface area (Å²) in [5.74, 6) is -0.0606. The zero-order chi connectivity index (χ0) is 12.3. The number of nitrogens with one attached hydrogen (secondary N) is 2. The number of rotatable bonds is 4. The summed E-state index contributed by atoms with van der Waals surface area (Å²) in [5.41, 5.74) is 1.63. The minimum atomic E-state index is -0.0606. The van der Waals surface area contributed by atoms with E-state index in [1.165, 1.54) is 0 Å². The van der Waals surface area contributed by atoms with E-state index in [1.807, 2.05) is 25.4 Å². The van der Waals surface area contributed by atoms with Crippen molar-refractivity contribution >= 4 is 33.1 Å². The fraction of sp³-hybridized carbons (Fsp3) is 0.333. The van der Waals surface area contributed by atoms with E-state index in [2.05, 4.69) is 15.6 Å². The zero-order valence-corrected chi connectivity index (χ0v) is 10.7. The number of thiophene rings is 1. The molecule has 0 bridgehead atoms. The Morgan fingerprint density at radius 2 is 2.35 bits per heavy atom. The smallest absolute Gasteiger partial charge is 0.252 e. The van der Waals surface area contributed by atoms with Crippen molar-refractivity contribution in [3.8, 4) is 0 Å². The molecule has 0 atom stereocenters. The second-order valence-corrected chi connectivity index (χ2v) is 4.59. The molecule has 0 saturated carbocycles. The lowest BCUT2D eigenvalue weighted by Gasteiger charge is -2.03. The van der Waals surface area contributed by atoms with E-state index in [-0.39, 0.29) is 5.91 Å². The van der Waals surface area contributed by atoms with Gasteiger partial charge in [0.05, 0.1) is 11.3 Å². The number of anilines is 1. The fourth-order valence-corrected chi connectivity index (χ4v) is 2.46. The maximum atomic E-state index is 11.8. The van der Waals surface area contributed by atoms with Gasteiger partial charge in [-0.3, -0.25) is 4.79 Å². The van der Waals surface area contributed by atoms with E-state index < -0.39 is 0 Å². The first kappa shape index (κ1) is 11.9. The lowest BCUT2D eigenvalue weighted by molar-refractivity contribution is 0.0953. The Balaban J connectivity index is 2.32. The molecule has 17 heavy (non-hydrogen) atoms. The van der Waals surface area contributed by atoms with Crippen LogP contribution in [0.3, 0.4) is 0 Å². The summed E-state index contributed by atoms with van der Waals surface area (Å²) < 4.78 is 0. The number of aromatic nitrogens is 1. The Morgan fingerprint density at radius 3 is 3.06 bits per heavy atom. The second-order valence-electron chi connectivity index (χ2n) is 3.73. The predicted octanol–water partition coefficient (Wildman–Crippen LogP) is 2.48. The maximum Gasteiger partial charge on any atom is 0.252 e. The van der Waals surface area contributed by atoms with Gasteiger partial charge in [-0.1, -0.05) is 6.92 Å². The molecule has 2 rings (SSSR count). The number of hydrogen-bond acceptors (Lipinski definition) is 4. The molecule has 0 aliphatic rings. The molecule has 2 aromatic rings. The molecule has 5 heteroatoms. The number of nitrogens with zero attached hydrogens (tertiary/aromatic N) is 1. The Bertz CT molecular complexity index is 536. The molecule has 4 nitrogen and oxygen atoms in total. The minimum Gasteiger partial charge on any atom is -0.387 e. The third kappa shape index (κ3) is 2.39. The van der Waals surface area contributed by atoms with E-state index in [0.717, 1.165) is 22.3 Å². The minimum absolute atomic E-state index is 0.0606. The van der Waals surface area contributed by atoms with Crippen molar-refractivity contribution in [3.63, 3.8) is 0 Å². The van der Waals surface area contributed by atoms with Crippen LogP contribution in [0.4, 0.5) is 5.69 Å². The van der Waals surface area contributed by atoms with E-state index in [4.69, 9.17) is 0 Å². The summed E-state index contributed by atoms with van der Waals surface area (Å²) in [6.07, 6.45) is 2.56. The van der Waals surface area contributed by atoms with Gasteiger partial charge >= 0.3 is 0 Å². The highest BCUT2D eigenvalue weighted by molar-refractivity contribution is 7.17. The molecule has 1 amide bonds. The summed E-state index contributed by atoms with van der Waals surface area (Å²) >= 11 is 1.57. The molecule has 0 fully saturated rings. The van der Waals surface area contributed by atoms with Gasteiger partial charge in [0, 0.05) is 30.6 Å². The Morgan fingerprint density at radius 1 is 1.53 bits per heavy atom. The molecule has 2 aromatic heterocycles. The first-order valence-corrected chi connectivity index (χ1v) is 6.47. The lowest BCUT2D eigenvalue weighted by Crippen LogP contribution is -2.23. The summed E-state index contributed by atoms with van der Waals surface area (Å²) in [5, 5.41) is 8.95. The molecule has 0 radical (unpaired) electrons. The van der Waals surface area contributed by atoms with Crippen LogP contribution in [-0.4, -0.2) is 24.5 Å². The normalized spacial score (nSPS) is 10.5. The Hall–Kier alpha value is -1.62. The van der Waals surface area contributed by atoms with E-state index in [9.17, 15) is 4.79 Å². The highest BCUT2D eigenvalue weighted by atomic mass is 32.1. The second kappa shape index (κ2) is 5.14. The van der Waals surface area contributed by atoms with Crippen molar-refractivity contribution in [2.45, 2.75) is 13.3 Å². The van der Waals surface area contributed by atoms with Crippen molar-refractivity contribution in [1.82, 2.24) is 10.3 Å². The average molecular weight is 249 g/mol. The molecule has 90 valence electrons. The molecule has 0 aromatic carbocycles. The van der Waals surface area contributed by atoms with E-state index >= 15 is 0 Å². The van der Waals surface area contributed by atoms with Gasteiger partial charge in [0.2, 0.25) is 0 Å². The summed E-state index contributed by atoms with van der Waals surface area (Å²) in [6.45, 7) is 2.72. The summed E-state index contributed by atoms with van der Waals surface area (Å²) in [4.78, 5) is 17.0. The van der Waals surface area contributed by atoms with Crippen LogP contribution in [0.25, 0.3) is 10.2 Å². The van der Waals surface area contributed by atoms with Gasteiger partial charge in [-0.25, -0.2) is 4.98 Å². The lowest BCUT2D eigenvalue weighted by atomic mass is 10.2. The van der Waals surface area contributed by atoms with Crippen molar-refractivity contribution in [3.05, 3.63) is 23.2 Å². The Kier molecular flexibility index (Phi) is 3.58. The molecule has 0 aliphatic heterocycles. The number of pyridine rings is 1. The number of amides is 1. The molecule has 0 spiro atoms. The van der Waals surface area contributed by atoms with Crippen molar-refractivity contribution < 1.29 is 4.79 Å². The summed E-state index contributed by atoms with van der Waals surface area (Å²) in [7, 11) is 1.87. The molecular formula is C12H15N3OS. The van der Waals surface area contributed by atoms with Crippen LogP contribution in [0.1, 0.15) is 23.7 Å².